The molecule has 0 atom stereocenters. The molecule has 0 spiro atoms. The third kappa shape index (κ3) is 6.83. The van der Waals surface area contributed by atoms with Crippen molar-refractivity contribution in [3.63, 3.8) is 0 Å². The fourth-order valence-corrected chi connectivity index (χ4v) is 2.34. The highest BCUT2D eigenvalue weighted by atomic mass is 19.1. The highest BCUT2D eigenvalue weighted by molar-refractivity contribution is 5.79. The first-order valence-corrected chi connectivity index (χ1v) is 8.51. The smallest absolute Gasteiger partial charge is 0.191 e. The Hall–Kier alpha value is -2.56. The van der Waals surface area contributed by atoms with E-state index in [9.17, 15) is 4.39 Å². The van der Waals surface area contributed by atoms with Gasteiger partial charge in [-0.2, -0.15) is 0 Å². The maximum atomic E-state index is 12.9. The van der Waals surface area contributed by atoms with Crippen molar-refractivity contribution in [2.45, 2.75) is 32.9 Å². The first-order valence-electron chi connectivity index (χ1n) is 8.51. The maximum Gasteiger partial charge on any atom is 0.191 e. The van der Waals surface area contributed by atoms with E-state index in [4.69, 9.17) is 4.74 Å². The van der Waals surface area contributed by atoms with Crippen LogP contribution in [0, 0.1) is 5.82 Å². The maximum absolute atomic E-state index is 12.9. The van der Waals surface area contributed by atoms with Gasteiger partial charge in [0, 0.05) is 20.1 Å². The van der Waals surface area contributed by atoms with E-state index in [2.05, 4.69) is 27.8 Å². The topological polar surface area (TPSA) is 45.7 Å². The normalized spacial score (nSPS) is 11.5. The number of ether oxygens (including phenoxy) is 1. The molecular formula is C20H26FN3O. The van der Waals surface area contributed by atoms with Crippen LogP contribution in [-0.2, 0) is 13.0 Å². The van der Waals surface area contributed by atoms with Crippen LogP contribution in [0.2, 0.25) is 0 Å². The van der Waals surface area contributed by atoms with Crippen LogP contribution >= 0.6 is 0 Å². The fraction of sp³-hybridized carbons (Fsp3) is 0.350. The first kappa shape index (κ1) is 18.8. The number of hydrogen-bond acceptors (Lipinski definition) is 2. The molecule has 2 aromatic rings. The predicted molar refractivity (Wildman–Crippen MR) is 101 cm³/mol. The minimum absolute atomic E-state index is 0.183. The van der Waals surface area contributed by atoms with E-state index in [0.717, 1.165) is 30.2 Å². The molecule has 0 amide bonds. The Morgan fingerprint density at radius 3 is 2.24 bits per heavy atom. The lowest BCUT2D eigenvalue weighted by Gasteiger charge is -2.13. The molecule has 0 fully saturated rings. The average molecular weight is 343 g/mol. The van der Waals surface area contributed by atoms with E-state index in [-0.39, 0.29) is 11.9 Å². The predicted octanol–water partition coefficient (Wildman–Crippen LogP) is 3.52. The second-order valence-electron chi connectivity index (χ2n) is 6.04. The molecular weight excluding hydrogens is 317 g/mol. The molecule has 134 valence electrons. The van der Waals surface area contributed by atoms with Crippen LogP contribution in [0.5, 0.6) is 5.75 Å². The van der Waals surface area contributed by atoms with Crippen LogP contribution in [0.15, 0.2) is 53.5 Å². The summed E-state index contributed by atoms with van der Waals surface area (Å²) in [5.41, 5.74) is 2.24. The molecule has 4 nitrogen and oxygen atoms in total. The highest BCUT2D eigenvalue weighted by Gasteiger charge is 2.01. The number of rotatable bonds is 7. The van der Waals surface area contributed by atoms with Crippen LogP contribution in [0.4, 0.5) is 4.39 Å². The van der Waals surface area contributed by atoms with Gasteiger partial charge in [0.1, 0.15) is 11.6 Å². The molecule has 2 rings (SSSR count). The number of nitrogens with zero attached hydrogens (tertiary/aromatic N) is 1. The zero-order valence-corrected chi connectivity index (χ0v) is 15.1. The third-order valence-electron chi connectivity index (χ3n) is 3.60. The molecule has 0 saturated heterocycles. The van der Waals surface area contributed by atoms with Gasteiger partial charge in [-0.15, -0.1) is 0 Å². The average Bonchev–Trinajstić information content (AvgIpc) is 2.60. The molecule has 0 aliphatic carbocycles. The van der Waals surface area contributed by atoms with Gasteiger partial charge in [-0.1, -0.05) is 24.3 Å². The Kier molecular flexibility index (Phi) is 7.26. The van der Waals surface area contributed by atoms with Gasteiger partial charge in [0.15, 0.2) is 5.96 Å². The molecule has 0 heterocycles. The van der Waals surface area contributed by atoms with Gasteiger partial charge >= 0.3 is 0 Å². The van der Waals surface area contributed by atoms with Crippen molar-refractivity contribution in [3.8, 4) is 5.75 Å². The van der Waals surface area contributed by atoms with Crippen molar-refractivity contribution in [1.82, 2.24) is 10.6 Å². The third-order valence-corrected chi connectivity index (χ3v) is 3.60. The monoisotopic (exact) mass is 343 g/mol. The van der Waals surface area contributed by atoms with Crippen molar-refractivity contribution in [3.05, 3.63) is 65.5 Å². The van der Waals surface area contributed by atoms with Gasteiger partial charge in [-0.05, 0) is 55.7 Å². The summed E-state index contributed by atoms with van der Waals surface area (Å²) < 4.78 is 18.5. The lowest BCUT2D eigenvalue weighted by molar-refractivity contribution is 0.242. The first-order chi connectivity index (χ1) is 12.1. The molecule has 5 heteroatoms. The Morgan fingerprint density at radius 2 is 1.64 bits per heavy atom. The zero-order chi connectivity index (χ0) is 18.1. The van der Waals surface area contributed by atoms with Gasteiger partial charge in [-0.25, -0.2) is 4.39 Å². The summed E-state index contributed by atoms with van der Waals surface area (Å²) in [6.45, 7) is 5.40. The van der Waals surface area contributed by atoms with Crippen LogP contribution in [0.3, 0.4) is 0 Å². The molecule has 0 aliphatic heterocycles. The van der Waals surface area contributed by atoms with Crippen LogP contribution < -0.4 is 15.4 Å². The van der Waals surface area contributed by atoms with E-state index >= 15 is 0 Å². The minimum Gasteiger partial charge on any atom is -0.491 e. The van der Waals surface area contributed by atoms with E-state index in [1.807, 2.05) is 26.0 Å². The van der Waals surface area contributed by atoms with E-state index in [0.29, 0.717) is 6.54 Å². The quantitative estimate of drug-likeness (QED) is 0.597. The Labute approximate surface area is 149 Å². The summed E-state index contributed by atoms with van der Waals surface area (Å²) >= 11 is 0. The summed E-state index contributed by atoms with van der Waals surface area (Å²) in [4.78, 5) is 4.20. The van der Waals surface area contributed by atoms with Gasteiger partial charge in [-0.3, -0.25) is 4.99 Å². The van der Waals surface area contributed by atoms with Crippen molar-refractivity contribution in [2.75, 3.05) is 13.6 Å². The zero-order valence-electron chi connectivity index (χ0n) is 15.1. The number of nitrogens with one attached hydrogen (secondary N) is 2. The molecule has 0 bridgehead atoms. The van der Waals surface area contributed by atoms with Gasteiger partial charge in [0.25, 0.3) is 0 Å². The highest BCUT2D eigenvalue weighted by Crippen LogP contribution is 2.13. The molecule has 2 aromatic carbocycles. The van der Waals surface area contributed by atoms with Crippen molar-refractivity contribution in [2.24, 2.45) is 4.99 Å². The van der Waals surface area contributed by atoms with Gasteiger partial charge < -0.3 is 15.4 Å². The van der Waals surface area contributed by atoms with E-state index in [1.54, 1.807) is 19.2 Å². The molecule has 0 unspecified atom stereocenters. The van der Waals surface area contributed by atoms with E-state index in [1.165, 1.54) is 17.7 Å². The second-order valence-corrected chi connectivity index (χ2v) is 6.04. The lowest BCUT2D eigenvalue weighted by atomic mass is 10.1. The molecule has 0 radical (unpaired) electrons. The Bertz CT molecular complexity index is 666. The summed E-state index contributed by atoms with van der Waals surface area (Å²) in [5.74, 6) is 1.39. The lowest BCUT2D eigenvalue weighted by Crippen LogP contribution is -2.37. The number of benzene rings is 2. The number of guanidine groups is 1. The number of hydrogen-bond donors (Lipinski definition) is 2. The minimum atomic E-state index is -0.226. The van der Waals surface area contributed by atoms with Crippen LogP contribution in [-0.4, -0.2) is 25.7 Å². The Balaban J connectivity index is 1.74. The SMILES string of the molecule is CN=C(NCCc1ccc(OC(C)C)cc1)NCc1ccc(F)cc1. The number of aliphatic imine (C=N–C) groups is 1. The molecule has 0 aromatic heterocycles. The van der Waals surface area contributed by atoms with Crippen LogP contribution in [0.25, 0.3) is 0 Å². The number of halogens is 1. The van der Waals surface area contributed by atoms with Crippen LogP contribution in [0.1, 0.15) is 25.0 Å². The Morgan fingerprint density at radius 1 is 1.00 bits per heavy atom. The van der Waals surface area contributed by atoms with Gasteiger partial charge in [0.2, 0.25) is 0 Å². The van der Waals surface area contributed by atoms with Crippen molar-refractivity contribution in [1.29, 1.82) is 0 Å². The standard InChI is InChI=1S/C20H26FN3O/c1-15(2)25-19-10-6-16(7-11-19)12-13-23-20(22-3)24-14-17-4-8-18(21)9-5-17/h4-11,15H,12-14H2,1-3H3,(H2,22,23,24). The molecule has 0 saturated carbocycles. The molecule has 2 N–H and O–H groups in total. The largest absolute Gasteiger partial charge is 0.491 e. The van der Waals surface area contributed by atoms with Gasteiger partial charge in [0.05, 0.1) is 6.10 Å². The summed E-state index contributed by atoms with van der Waals surface area (Å²) in [6, 6.07) is 14.6. The summed E-state index contributed by atoms with van der Waals surface area (Å²) in [6.07, 6.45) is 1.07. The van der Waals surface area contributed by atoms with E-state index < -0.39 is 0 Å². The fourth-order valence-electron chi connectivity index (χ4n) is 2.34. The van der Waals surface area contributed by atoms with Crippen molar-refractivity contribution < 1.29 is 9.13 Å². The second kappa shape index (κ2) is 9.67. The molecule has 25 heavy (non-hydrogen) atoms. The molecule has 0 aliphatic rings. The summed E-state index contributed by atoms with van der Waals surface area (Å²) in [7, 11) is 1.73. The summed E-state index contributed by atoms with van der Waals surface area (Å²) in [5, 5.41) is 6.50. The van der Waals surface area contributed by atoms with Crippen molar-refractivity contribution >= 4 is 5.96 Å².